The predicted octanol–water partition coefficient (Wildman–Crippen LogP) is 1.91. The van der Waals surface area contributed by atoms with Gasteiger partial charge < -0.3 is 10.6 Å². The smallest absolute Gasteiger partial charge is 0.224 e. The number of carbonyl (C=O) groups excluding carboxylic acids is 1. The first-order valence-electron chi connectivity index (χ1n) is 7.10. The number of hydrogen-bond acceptors (Lipinski definition) is 2. The van der Waals surface area contributed by atoms with E-state index in [4.69, 9.17) is 0 Å². The van der Waals surface area contributed by atoms with Crippen LogP contribution in [-0.4, -0.2) is 24.0 Å². The Labute approximate surface area is 116 Å². The van der Waals surface area contributed by atoms with Gasteiger partial charge in [-0.05, 0) is 31.7 Å². The van der Waals surface area contributed by atoms with E-state index in [-0.39, 0.29) is 23.9 Å². The van der Waals surface area contributed by atoms with Crippen LogP contribution in [0.5, 0.6) is 0 Å². The topological polar surface area (TPSA) is 41.1 Å². The molecule has 2 unspecified atom stereocenters. The molecule has 0 spiro atoms. The maximum absolute atomic E-state index is 13.5. The van der Waals surface area contributed by atoms with E-state index in [1.54, 1.807) is 0 Å². The first kappa shape index (κ1) is 13.5. The first-order valence-corrected chi connectivity index (χ1v) is 7.10. The van der Waals surface area contributed by atoms with Gasteiger partial charge in [-0.15, -0.1) is 0 Å². The molecule has 0 aliphatic carbocycles. The van der Waals surface area contributed by atoms with Gasteiger partial charge in [0.05, 0.1) is 6.42 Å². The third kappa shape index (κ3) is 2.82. The number of piperidine rings is 1. The Hall–Kier alpha value is -1.49. The number of amides is 1. The molecule has 2 atom stereocenters. The lowest BCUT2D eigenvalue weighted by atomic mass is 9.99. The summed E-state index contributed by atoms with van der Waals surface area (Å²) in [6, 6.07) is 5.06. The zero-order chi connectivity index (χ0) is 14.1. The zero-order valence-electron chi connectivity index (χ0n) is 11.2. The SMILES string of the molecule is O=C(Cc1cccc(F)c1F)NC1CC2CCC(C1)N2. The average Bonchev–Trinajstić information content (AvgIpc) is 2.74. The number of benzene rings is 1. The highest BCUT2D eigenvalue weighted by Crippen LogP contribution is 2.26. The van der Waals surface area contributed by atoms with Crippen molar-refractivity contribution in [1.29, 1.82) is 0 Å². The normalized spacial score (nSPS) is 28.4. The van der Waals surface area contributed by atoms with Gasteiger partial charge in [0.25, 0.3) is 0 Å². The highest BCUT2D eigenvalue weighted by Gasteiger charge is 2.33. The molecule has 2 aliphatic heterocycles. The van der Waals surface area contributed by atoms with Gasteiger partial charge in [-0.2, -0.15) is 0 Å². The highest BCUT2D eigenvalue weighted by molar-refractivity contribution is 5.79. The van der Waals surface area contributed by atoms with Crippen LogP contribution in [0.25, 0.3) is 0 Å². The van der Waals surface area contributed by atoms with Gasteiger partial charge in [-0.3, -0.25) is 4.79 Å². The molecule has 2 aliphatic rings. The second kappa shape index (κ2) is 5.48. The van der Waals surface area contributed by atoms with Crippen molar-refractivity contribution in [2.45, 2.75) is 50.2 Å². The van der Waals surface area contributed by atoms with Crippen molar-refractivity contribution >= 4 is 5.91 Å². The predicted molar refractivity (Wildman–Crippen MR) is 71.2 cm³/mol. The highest BCUT2D eigenvalue weighted by atomic mass is 19.2. The Balaban J connectivity index is 1.58. The summed E-state index contributed by atoms with van der Waals surface area (Å²) in [4.78, 5) is 12.0. The van der Waals surface area contributed by atoms with E-state index in [9.17, 15) is 13.6 Å². The lowest BCUT2D eigenvalue weighted by Gasteiger charge is -2.29. The summed E-state index contributed by atoms with van der Waals surface area (Å²) in [5.74, 6) is -2.07. The summed E-state index contributed by atoms with van der Waals surface area (Å²) in [7, 11) is 0. The molecule has 2 heterocycles. The number of carbonyl (C=O) groups is 1. The quantitative estimate of drug-likeness (QED) is 0.888. The lowest BCUT2D eigenvalue weighted by Crippen LogP contribution is -2.48. The Kier molecular flexibility index (Phi) is 3.70. The van der Waals surface area contributed by atoms with Gasteiger partial charge in [-0.25, -0.2) is 8.78 Å². The second-order valence-electron chi connectivity index (χ2n) is 5.76. The molecular weight excluding hydrogens is 262 g/mol. The molecule has 108 valence electrons. The summed E-state index contributed by atoms with van der Waals surface area (Å²) >= 11 is 0. The molecule has 20 heavy (non-hydrogen) atoms. The number of nitrogens with one attached hydrogen (secondary N) is 2. The van der Waals surface area contributed by atoms with E-state index >= 15 is 0 Å². The maximum atomic E-state index is 13.5. The van der Waals surface area contributed by atoms with Gasteiger partial charge in [0.15, 0.2) is 11.6 Å². The fourth-order valence-corrected chi connectivity index (χ4v) is 3.31. The average molecular weight is 280 g/mol. The van der Waals surface area contributed by atoms with Gasteiger partial charge >= 0.3 is 0 Å². The van der Waals surface area contributed by atoms with Crippen molar-refractivity contribution in [2.75, 3.05) is 0 Å². The molecule has 0 radical (unpaired) electrons. The molecular formula is C15H18F2N2O. The van der Waals surface area contributed by atoms with Crippen LogP contribution < -0.4 is 10.6 Å². The van der Waals surface area contributed by atoms with E-state index in [0.29, 0.717) is 12.1 Å². The summed E-state index contributed by atoms with van der Waals surface area (Å²) in [6.45, 7) is 0. The van der Waals surface area contributed by atoms with Crippen molar-refractivity contribution in [3.8, 4) is 0 Å². The summed E-state index contributed by atoms with van der Waals surface area (Å²) in [6.07, 6.45) is 4.07. The summed E-state index contributed by atoms with van der Waals surface area (Å²) in [5, 5.41) is 6.45. The van der Waals surface area contributed by atoms with Crippen LogP contribution in [0.2, 0.25) is 0 Å². The number of halogens is 2. The first-order chi connectivity index (χ1) is 9.61. The van der Waals surface area contributed by atoms with Crippen molar-refractivity contribution in [1.82, 2.24) is 10.6 Å². The van der Waals surface area contributed by atoms with Crippen LogP contribution in [0.4, 0.5) is 8.78 Å². The van der Waals surface area contributed by atoms with Gasteiger partial charge in [0, 0.05) is 23.7 Å². The Morgan fingerprint density at radius 1 is 1.25 bits per heavy atom. The van der Waals surface area contributed by atoms with E-state index in [1.165, 1.54) is 12.1 Å². The molecule has 3 rings (SSSR count). The van der Waals surface area contributed by atoms with Crippen LogP contribution in [0.1, 0.15) is 31.2 Å². The minimum absolute atomic E-state index is 0.108. The lowest BCUT2D eigenvalue weighted by molar-refractivity contribution is -0.121. The molecule has 1 aromatic carbocycles. The van der Waals surface area contributed by atoms with Crippen molar-refractivity contribution in [2.24, 2.45) is 0 Å². The van der Waals surface area contributed by atoms with Crippen LogP contribution in [0, 0.1) is 11.6 Å². The second-order valence-corrected chi connectivity index (χ2v) is 5.76. The zero-order valence-corrected chi connectivity index (χ0v) is 11.2. The maximum Gasteiger partial charge on any atom is 0.224 e. The number of hydrogen-bond donors (Lipinski definition) is 2. The monoisotopic (exact) mass is 280 g/mol. The minimum atomic E-state index is -0.923. The fourth-order valence-electron chi connectivity index (χ4n) is 3.31. The van der Waals surface area contributed by atoms with Gasteiger partial charge in [0.1, 0.15) is 0 Å². The number of rotatable bonds is 3. The van der Waals surface area contributed by atoms with Crippen LogP contribution in [-0.2, 0) is 11.2 Å². The standard InChI is InChI=1S/C15H18F2N2O/c16-13-3-1-2-9(15(13)17)6-14(20)19-12-7-10-4-5-11(8-12)18-10/h1-3,10-12,18H,4-8H2,(H,19,20). The molecule has 0 saturated carbocycles. The summed E-state index contributed by atoms with van der Waals surface area (Å²) < 4.78 is 26.6. The minimum Gasteiger partial charge on any atom is -0.353 e. The molecule has 2 fully saturated rings. The van der Waals surface area contributed by atoms with Gasteiger partial charge in [-0.1, -0.05) is 12.1 Å². The molecule has 0 aromatic heterocycles. The van der Waals surface area contributed by atoms with Crippen LogP contribution in [0.15, 0.2) is 18.2 Å². The fraction of sp³-hybridized carbons (Fsp3) is 0.533. The molecule has 1 amide bonds. The van der Waals surface area contributed by atoms with E-state index < -0.39 is 11.6 Å². The van der Waals surface area contributed by atoms with Crippen molar-refractivity contribution in [3.05, 3.63) is 35.4 Å². The Morgan fingerprint density at radius 3 is 2.65 bits per heavy atom. The van der Waals surface area contributed by atoms with Crippen LogP contribution >= 0.6 is 0 Å². The molecule has 2 N–H and O–H groups in total. The van der Waals surface area contributed by atoms with E-state index in [0.717, 1.165) is 31.7 Å². The van der Waals surface area contributed by atoms with E-state index in [2.05, 4.69) is 10.6 Å². The molecule has 3 nitrogen and oxygen atoms in total. The van der Waals surface area contributed by atoms with Crippen molar-refractivity contribution < 1.29 is 13.6 Å². The number of fused-ring (bicyclic) bond motifs is 2. The van der Waals surface area contributed by atoms with Crippen LogP contribution in [0.3, 0.4) is 0 Å². The molecule has 1 aromatic rings. The van der Waals surface area contributed by atoms with E-state index in [1.807, 2.05) is 0 Å². The Bertz CT molecular complexity index is 509. The largest absolute Gasteiger partial charge is 0.353 e. The van der Waals surface area contributed by atoms with Gasteiger partial charge in [0.2, 0.25) is 5.91 Å². The molecule has 2 saturated heterocycles. The Morgan fingerprint density at radius 2 is 1.95 bits per heavy atom. The third-order valence-electron chi connectivity index (χ3n) is 4.22. The molecule has 2 bridgehead atoms. The third-order valence-corrected chi connectivity index (χ3v) is 4.22. The summed E-state index contributed by atoms with van der Waals surface area (Å²) in [5.41, 5.74) is 0.111. The van der Waals surface area contributed by atoms with Crippen molar-refractivity contribution in [3.63, 3.8) is 0 Å². The molecule has 5 heteroatoms.